The largest absolute Gasteiger partial charge is 0.476 e. The molecule has 0 spiro atoms. The molecule has 0 saturated heterocycles. The summed E-state index contributed by atoms with van der Waals surface area (Å²) in [5.74, 6) is -0.727. The molecule has 0 aliphatic rings. The third-order valence-electron chi connectivity index (χ3n) is 2.65. The van der Waals surface area contributed by atoms with E-state index < -0.39 is 5.97 Å². The number of carboxylic acid groups (broad SMARTS) is 1. The quantitative estimate of drug-likeness (QED) is 0.776. The van der Waals surface area contributed by atoms with Gasteiger partial charge in [0.15, 0.2) is 11.5 Å². The molecule has 2 heterocycles. The van der Waals surface area contributed by atoms with Gasteiger partial charge in [0.1, 0.15) is 0 Å². The zero-order valence-electron chi connectivity index (χ0n) is 9.72. The highest BCUT2D eigenvalue weighted by Crippen LogP contribution is 2.26. The van der Waals surface area contributed by atoms with Gasteiger partial charge in [-0.25, -0.2) is 9.48 Å². The monoisotopic (exact) mass is 255 g/mol. The first-order chi connectivity index (χ1) is 9.25. The second-order valence-corrected chi connectivity index (χ2v) is 3.85. The van der Waals surface area contributed by atoms with Crippen molar-refractivity contribution < 1.29 is 14.4 Å². The lowest BCUT2D eigenvalue weighted by Crippen LogP contribution is -1.96. The van der Waals surface area contributed by atoms with Gasteiger partial charge in [-0.1, -0.05) is 17.3 Å². The van der Waals surface area contributed by atoms with E-state index in [2.05, 4.69) is 10.3 Å². The van der Waals surface area contributed by atoms with Crippen LogP contribution in [-0.2, 0) is 0 Å². The highest BCUT2D eigenvalue weighted by molar-refractivity contribution is 5.87. The number of benzene rings is 1. The Morgan fingerprint density at radius 1 is 1.26 bits per heavy atom. The van der Waals surface area contributed by atoms with Crippen LogP contribution in [0.5, 0.6) is 0 Å². The lowest BCUT2D eigenvalue weighted by atomic mass is 10.1. The minimum Gasteiger partial charge on any atom is -0.476 e. The molecular formula is C13H9N3O3. The van der Waals surface area contributed by atoms with Gasteiger partial charge < -0.3 is 9.63 Å². The molecule has 94 valence electrons. The fourth-order valence-electron chi connectivity index (χ4n) is 1.80. The molecule has 0 bridgehead atoms. The molecule has 0 aliphatic heterocycles. The van der Waals surface area contributed by atoms with Crippen LogP contribution in [0.15, 0.2) is 53.3 Å². The molecule has 0 aliphatic carbocycles. The van der Waals surface area contributed by atoms with Crippen LogP contribution < -0.4 is 0 Å². The topological polar surface area (TPSA) is 81.1 Å². The zero-order chi connectivity index (χ0) is 13.2. The summed E-state index contributed by atoms with van der Waals surface area (Å²) in [7, 11) is 0. The van der Waals surface area contributed by atoms with Crippen molar-refractivity contribution in [1.29, 1.82) is 0 Å². The number of hydrogen-bond acceptors (Lipinski definition) is 4. The second-order valence-electron chi connectivity index (χ2n) is 3.85. The van der Waals surface area contributed by atoms with Crippen LogP contribution in [0.1, 0.15) is 10.5 Å². The van der Waals surface area contributed by atoms with E-state index in [0.29, 0.717) is 5.76 Å². The van der Waals surface area contributed by atoms with Crippen LogP contribution in [0.2, 0.25) is 0 Å². The molecule has 1 aromatic carbocycles. The van der Waals surface area contributed by atoms with Gasteiger partial charge in [0.25, 0.3) is 0 Å². The van der Waals surface area contributed by atoms with Gasteiger partial charge in [0.05, 0.1) is 5.69 Å². The molecule has 0 fully saturated rings. The van der Waals surface area contributed by atoms with E-state index in [-0.39, 0.29) is 5.69 Å². The van der Waals surface area contributed by atoms with Crippen LogP contribution in [-0.4, -0.2) is 26.0 Å². The van der Waals surface area contributed by atoms with Crippen LogP contribution >= 0.6 is 0 Å². The smallest absolute Gasteiger partial charge is 0.358 e. The fraction of sp³-hybridized carbons (Fsp3) is 0. The van der Waals surface area contributed by atoms with E-state index in [1.807, 2.05) is 24.3 Å². The third-order valence-corrected chi connectivity index (χ3v) is 2.65. The van der Waals surface area contributed by atoms with E-state index in [1.165, 1.54) is 6.07 Å². The number of hydrogen-bond donors (Lipinski definition) is 1. The molecule has 3 rings (SSSR count). The number of carboxylic acids is 1. The minimum absolute atomic E-state index is 0.120. The fourth-order valence-corrected chi connectivity index (χ4v) is 1.80. The van der Waals surface area contributed by atoms with Crippen LogP contribution in [0.4, 0.5) is 0 Å². The summed E-state index contributed by atoms with van der Waals surface area (Å²) in [6, 6.07) is 10.6. The Labute approximate surface area is 107 Å². The highest BCUT2D eigenvalue weighted by Gasteiger charge is 2.15. The standard InChI is InChI=1S/C13H9N3O3/c17-13(18)10-8-12(19-15-10)9-4-1-2-5-11(9)16-7-3-6-14-16/h1-8H,(H,17,18). The molecule has 6 nitrogen and oxygen atoms in total. The number of rotatable bonds is 3. The Morgan fingerprint density at radius 2 is 2.11 bits per heavy atom. The molecule has 0 amide bonds. The lowest BCUT2D eigenvalue weighted by molar-refractivity contribution is 0.0686. The maximum Gasteiger partial charge on any atom is 0.358 e. The van der Waals surface area contributed by atoms with E-state index >= 15 is 0 Å². The van der Waals surface area contributed by atoms with Crippen molar-refractivity contribution in [2.45, 2.75) is 0 Å². The molecule has 0 radical (unpaired) electrons. The molecule has 19 heavy (non-hydrogen) atoms. The van der Waals surface area contributed by atoms with Gasteiger partial charge in [0.2, 0.25) is 0 Å². The number of para-hydroxylation sites is 1. The van der Waals surface area contributed by atoms with Crippen molar-refractivity contribution in [3.8, 4) is 17.0 Å². The van der Waals surface area contributed by atoms with Gasteiger partial charge in [-0.05, 0) is 18.2 Å². The summed E-state index contributed by atoms with van der Waals surface area (Å²) in [6.07, 6.45) is 3.47. The van der Waals surface area contributed by atoms with E-state index in [4.69, 9.17) is 9.63 Å². The molecule has 3 aromatic rings. The third kappa shape index (κ3) is 1.99. The predicted molar refractivity (Wildman–Crippen MR) is 66.0 cm³/mol. The maximum atomic E-state index is 10.8. The van der Waals surface area contributed by atoms with Crippen molar-refractivity contribution in [3.05, 3.63) is 54.5 Å². The summed E-state index contributed by atoms with van der Waals surface area (Å²) in [4.78, 5) is 10.8. The Bertz CT molecular complexity index is 716. The summed E-state index contributed by atoms with van der Waals surface area (Å²) >= 11 is 0. The molecule has 6 heteroatoms. The molecule has 1 N–H and O–H groups in total. The Balaban J connectivity index is 2.12. The summed E-state index contributed by atoms with van der Waals surface area (Å²) in [6.45, 7) is 0. The second kappa shape index (κ2) is 4.41. The van der Waals surface area contributed by atoms with E-state index in [1.54, 1.807) is 23.1 Å². The molecule has 0 saturated carbocycles. The van der Waals surface area contributed by atoms with E-state index in [0.717, 1.165) is 11.3 Å². The Morgan fingerprint density at radius 3 is 2.79 bits per heavy atom. The molecule has 0 unspecified atom stereocenters. The van der Waals surface area contributed by atoms with Crippen molar-refractivity contribution in [2.75, 3.05) is 0 Å². The summed E-state index contributed by atoms with van der Waals surface area (Å²) < 4.78 is 6.76. The van der Waals surface area contributed by atoms with Gasteiger partial charge in [-0.2, -0.15) is 5.10 Å². The minimum atomic E-state index is -1.12. The van der Waals surface area contributed by atoms with Crippen molar-refractivity contribution in [1.82, 2.24) is 14.9 Å². The predicted octanol–water partition coefficient (Wildman–Crippen LogP) is 2.23. The first kappa shape index (κ1) is 11.2. The molecule has 0 atom stereocenters. The van der Waals surface area contributed by atoms with Crippen LogP contribution in [0.25, 0.3) is 17.0 Å². The Kier molecular flexibility index (Phi) is 2.60. The number of aromatic nitrogens is 3. The zero-order valence-corrected chi connectivity index (χ0v) is 9.72. The average molecular weight is 255 g/mol. The highest BCUT2D eigenvalue weighted by atomic mass is 16.5. The number of aromatic carboxylic acids is 1. The van der Waals surface area contributed by atoms with Crippen molar-refractivity contribution in [3.63, 3.8) is 0 Å². The van der Waals surface area contributed by atoms with E-state index in [9.17, 15) is 4.79 Å². The first-order valence-electron chi connectivity index (χ1n) is 5.55. The first-order valence-corrected chi connectivity index (χ1v) is 5.55. The maximum absolute atomic E-state index is 10.8. The average Bonchev–Trinajstić information content (AvgIpc) is 3.10. The number of nitrogens with zero attached hydrogens (tertiary/aromatic N) is 3. The van der Waals surface area contributed by atoms with Gasteiger partial charge >= 0.3 is 5.97 Å². The SMILES string of the molecule is O=C(O)c1cc(-c2ccccc2-n2cccn2)on1. The Hall–Kier alpha value is -2.89. The molecular weight excluding hydrogens is 246 g/mol. The lowest BCUT2D eigenvalue weighted by Gasteiger charge is -2.05. The summed E-state index contributed by atoms with van der Waals surface area (Å²) in [5, 5.41) is 16.5. The van der Waals surface area contributed by atoms with Crippen molar-refractivity contribution in [2.24, 2.45) is 0 Å². The normalized spacial score (nSPS) is 10.5. The molecule has 2 aromatic heterocycles. The van der Waals surface area contributed by atoms with Crippen molar-refractivity contribution >= 4 is 5.97 Å². The van der Waals surface area contributed by atoms with Gasteiger partial charge in [-0.15, -0.1) is 0 Å². The summed E-state index contributed by atoms with van der Waals surface area (Å²) in [5.41, 5.74) is 1.40. The van der Waals surface area contributed by atoms with Gasteiger partial charge in [-0.3, -0.25) is 0 Å². The van der Waals surface area contributed by atoms with Crippen LogP contribution in [0.3, 0.4) is 0 Å². The van der Waals surface area contributed by atoms with Crippen LogP contribution in [0, 0.1) is 0 Å². The van der Waals surface area contributed by atoms with Gasteiger partial charge in [0, 0.05) is 24.0 Å². The number of carbonyl (C=O) groups is 1.